The molecule has 106 valence electrons. The summed E-state index contributed by atoms with van der Waals surface area (Å²) in [6.45, 7) is 1.90. The van der Waals surface area contributed by atoms with E-state index in [4.69, 9.17) is 0 Å². The first-order valence-electron chi connectivity index (χ1n) is 6.24. The number of nitrogens with zero attached hydrogens (tertiary/aromatic N) is 1. The van der Waals surface area contributed by atoms with E-state index in [9.17, 15) is 20.0 Å². The first-order valence-corrected chi connectivity index (χ1v) is 6.24. The summed E-state index contributed by atoms with van der Waals surface area (Å²) >= 11 is 0. The number of carbonyl (C=O) groups is 1. The number of aryl methyl sites for hydroxylation is 1. The van der Waals surface area contributed by atoms with Crippen LogP contribution in [-0.4, -0.2) is 16.0 Å². The standard InChI is InChI=1S/C16H13NO4/c1-11-6-8-12(9-7-11)14(16(18)19)10-13-4-2-3-5-15(13)17(20)21/h2-10H,1H3,(H,18,19)/b14-10+. The number of hydrogen-bond acceptors (Lipinski definition) is 3. The maximum Gasteiger partial charge on any atom is 0.336 e. The number of rotatable bonds is 4. The average molecular weight is 283 g/mol. The summed E-state index contributed by atoms with van der Waals surface area (Å²) in [5.74, 6) is -1.13. The van der Waals surface area contributed by atoms with Crippen LogP contribution in [0, 0.1) is 17.0 Å². The van der Waals surface area contributed by atoms with Crippen LogP contribution in [0.3, 0.4) is 0 Å². The van der Waals surface area contributed by atoms with E-state index in [1.165, 1.54) is 18.2 Å². The van der Waals surface area contributed by atoms with E-state index in [0.29, 0.717) is 5.56 Å². The summed E-state index contributed by atoms with van der Waals surface area (Å²) in [4.78, 5) is 21.9. The molecular formula is C16H13NO4. The predicted octanol–water partition coefficient (Wildman–Crippen LogP) is 3.53. The number of hydrogen-bond donors (Lipinski definition) is 1. The van der Waals surface area contributed by atoms with Gasteiger partial charge in [0.2, 0.25) is 0 Å². The Balaban J connectivity index is 2.56. The van der Waals surface area contributed by atoms with E-state index >= 15 is 0 Å². The van der Waals surface area contributed by atoms with Crippen molar-refractivity contribution >= 4 is 23.3 Å². The van der Waals surface area contributed by atoms with Crippen molar-refractivity contribution in [3.8, 4) is 0 Å². The highest BCUT2D eigenvalue weighted by atomic mass is 16.6. The lowest BCUT2D eigenvalue weighted by atomic mass is 10.0. The lowest BCUT2D eigenvalue weighted by molar-refractivity contribution is -0.385. The molecule has 0 aliphatic rings. The Labute approximate surface area is 121 Å². The van der Waals surface area contributed by atoms with E-state index < -0.39 is 10.9 Å². The number of carboxylic acid groups (broad SMARTS) is 1. The predicted molar refractivity (Wildman–Crippen MR) is 79.8 cm³/mol. The number of nitro benzene ring substituents is 1. The lowest BCUT2D eigenvalue weighted by Gasteiger charge is -2.04. The monoisotopic (exact) mass is 283 g/mol. The van der Waals surface area contributed by atoms with Crippen molar-refractivity contribution in [2.75, 3.05) is 0 Å². The highest BCUT2D eigenvalue weighted by molar-refractivity contribution is 6.20. The SMILES string of the molecule is Cc1ccc(/C(=C\c2ccccc2[N+](=O)[O-])C(=O)O)cc1. The minimum atomic E-state index is -1.13. The van der Waals surface area contributed by atoms with Gasteiger partial charge in [-0.1, -0.05) is 42.0 Å². The van der Waals surface area contributed by atoms with E-state index in [-0.39, 0.29) is 16.8 Å². The largest absolute Gasteiger partial charge is 0.478 e. The fraction of sp³-hybridized carbons (Fsp3) is 0.0625. The molecule has 0 unspecified atom stereocenters. The topological polar surface area (TPSA) is 80.4 Å². The van der Waals surface area contributed by atoms with Crippen molar-refractivity contribution in [2.24, 2.45) is 0 Å². The van der Waals surface area contributed by atoms with Gasteiger partial charge in [0, 0.05) is 6.07 Å². The zero-order valence-electron chi connectivity index (χ0n) is 11.3. The lowest BCUT2D eigenvalue weighted by Crippen LogP contribution is -2.00. The third-order valence-electron chi connectivity index (χ3n) is 3.03. The van der Waals surface area contributed by atoms with Gasteiger partial charge in [-0.05, 0) is 24.6 Å². The number of nitro groups is 1. The molecule has 5 nitrogen and oxygen atoms in total. The summed E-state index contributed by atoms with van der Waals surface area (Å²) in [6, 6.07) is 13.0. The second-order valence-corrected chi connectivity index (χ2v) is 4.55. The first kappa shape index (κ1) is 14.5. The van der Waals surface area contributed by atoms with Gasteiger partial charge in [-0.3, -0.25) is 10.1 Å². The Morgan fingerprint density at radius 3 is 2.33 bits per heavy atom. The van der Waals surface area contributed by atoms with Gasteiger partial charge in [0.15, 0.2) is 0 Å². The van der Waals surface area contributed by atoms with Crippen LogP contribution >= 0.6 is 0 Å². The molecule has 21 heavy (non-hydrogen) atoms. The summed E-state index contributed by atoms with van der Waals surface area (Å²) < 4.78 is 0. The number of para-hydroxylation sites is 1. The van der Waals surface area contributed by atoms with Crippen LogP contribution < -0.4 is 0 Å². The molecule has 0 amide bonds. The molecule has 2 aromatic rings. The molecule has 0 aliphatic carbocycles. The molecular weight excluding hydrogens is 270 g/mol. The fourth-order valence-electron chi connectivity index (χ4n) is 1.93. The first-order chi connectivity index (χ1) is 9.99. The molecule has 2 aromatic carbocycles. The third kappa shape index (κ3) is 3.33. The van der Waals surface area contributed by atoms with Crippen LogP contribution in [0.1, 0.15) is 16.7 Å². The van der Waals surface area contributed by atoms with Gasteiger partial charge in [0.25, 0.3) is 5.69 Å². The number of aliphatic carboxylic acids is 1. The number of benzene rings is 2. The molecule has 5 heteroatoms. The maximum absolute atomic E-state index is 11.4. The van der Waals surface area contributed by atoms with Crippen molar-refractivity contribution in [3.05, 3.63) is 75.3 Å². The quantitative estimate of drug-likeness (QED) is 0.403. The van der Waals surface area contributed by atoms with E-state index in [1.54, 1.807) is 36.4 Å². The molecule has 0 saturated heterocycles. The van der Waals surface area contributed by atoms with Crippen LogP contribution in [0.15, 0.2) is 48.5 Å². The summed E-state index contributed by atoms with van der Waals surface area (Å²) in [5.41, 5.74) is 1.67. The van der Waals surface area contributed by atoms with Crippen LogP contribution in [0.2, 0.25) is 0 Å². The third-order valence-corrected chi connectivity index (χ3v) is 3.03. The van der Waals surface area contributed by atoms with Gasteiger partial charge < -0.3 is 5.11 Å². The molecule has 0 spiro atoms. The summed E-state index contributed by atoms with van der Waals surface area (Å²) in [6.07, 6.45) is 1.32. The zero-order chi connectivity index (χ0) is 15.4. The number of carboxylic acids is 1. The Bertz CT molecular complexity index is 717. The van der Waals surface area contributed by atoms with Gasteiger partial charge in [-0.2, -0.15) is 0 Å². The van der Waals surface area contributed by atoms with Crippen molar-refractivity contribution < 1.29 is 14.8 Å². The van der Waals surface area contributed by atoms with Crippen LogP contribution in [0.5, 0.6) is 0 Å². The van der Waals surface area contributed by atoms with E-state index in [0.717, 1.165) is 5.56 Å². The minimum absolute atomic E-state index is 0.0179. The average Bonchev–Trinajstić information content (AvgIpc) is 2.46. The summed E-state index contributed by atoms with van der Waals surface area (Å²) in [7, 11) is 0. The highest BCUT2D eigenvalue weighted by Crippen LogP contribution is 2.25. The second-order valence-electron chi connectivity index (χ2n) is 4.55. The fourth-order valence-corrected chi connectivity index (χ4v) is 1.93. The Hall–Kier alpha value is -2.95. The molecule has 2 rings (SSSR count). The molecule has 0 atom stereocenters. The van der Waals surface area contributed by atoms with Crippen molar-refractivity contribution in [2.45, 2.75) is 6.92 Å². The van der Waals surface area contributed by atoms with Gasteiger partial charge in [-0.25, -0.2) is 4.79 Å². The van der Waals surface area contributed by atoms with E-state index in [2.05, 4.69) is 0 Å². The van der Waals surface area contributed by atoms with Crippen molar-refractivity contribution in [1.82, 2.24) is 0 Å². The Morgan fingerprint density at radius 1 is 1.14 bits per heavy atom. The van der Waals surface area contributed by atoms with E-state index in [1.807, 2.05) is 6.92 Å². The molecule has 0 heterocycles. The maximum atomic E-state index is 11.4. The smallest absolute Gasteiger partial charge is 0.336 e. The van der Waals surface area contributed by atoms with Gasteiger partial charge >= 0.3 is 5.97 Å². The van der Waals surface area contributed by atoms with Crippen LogP contribution in [0.25, 0.3) is 11.6 Å². The Kier molecular flexibility index (Phi) is 4.13. The van der Waals surface area contributed by atoms with Gasteiger partial charge in [0.1, 0.15) is 0 Å². The minimum Gasteiger partial charge on any atom is -0.478 e. The highest BCUT2D eigenvalue weighted by Gasteiger charge is 2.15. The van der Waals surface area contributed by atoms with Gasteiger partial charge in [0.05, 0.1) is 16.1 Å². The zero-order valence-corrected chi connectivity index (χ0v) is 11.3. The molecule has 0 aliphatic heterocycles. The molecule has 0 radical (unpaired) electrons. The van der Waals surface area contributed by atoms with Crippen molar-refractivity contribution in [1.29, 1.82) is 0 Å². The normalized spacial score (nSPS) is 11.2. The molecule has 0 bridgehead atoms. The molecule has 1 N–H and O–H groups in total. The van der Waals surface area contributed by atoms with Gasteiger partial charge in [-0.15, -0.1) is 0 Å². The molecule has 0 fully saturated rings. The summed E-state index contributed by atoms with van der Waals surface area (Å²) in [5, 5.41) is 20.3. The van der Waals surface area contributed by atoms with Crippen LogP contribution in [-0.2, 0) is 4.79 Å². The van der Waals surface area contributed by atoms with Crippen LogP contribution in [0.4, 0.5) is 5.69 Å². The van der Waals surface area contributed by atoms with Crippen molar-refractivity contribution in [3.63, 3.8) is 0 Å². The Morgan fingerprint density at radius 2 is 1.76 bits per heavy atom. The molecule has 0 saturated carbocycles. The second kappa shape index (κ2) is 6.00. The molecule has 0 aromatic heterocycles.